The Morgan fingerprint density at radius 1 is 1.22 bits per heavy atom. The Hall–Kier alpha value is -2.02. The quantitative estimate of drug-likeness (QED) is 0.559. The van der Waals surface area contributed by atoms with Gasteiger partial charge in [-0.3, -0.25) is 0 Å². The molecule has 0 amide bonds. The monoisotopic (exact) mass is 361 g/mol. The normalized spacial score (nSPS) is 19.3. The van der Waals surface area contributed by atoms with Crippen molar-refractivity contribution in [1.29, 1.82) is 0 Å². The van der Waals surface area contributed by atoms with E-state index >= 15 is 0 Å². The molecule has 0 aromatic heterocycles. The Labute approximate surface area is 166 Å². The smallest absolute Gasteiger partial charge is 0.0491 e. The average molecular weight is 362 g/mol. The van der Waals surface area contributed by atoms with E-state index in [-0.39, 0.29) is 5.41 Å². The summed E-state index contributed by atoms with van der Waals surface area (Å²) in [5, 5.41) is 0. The summed E-state index contributed by atoms with van der Waals surface area (Å²) in [7, 11) is 0. The minimum atomic E-state index is 0.181. The fourth-order valence-electron chi connectivity index (χ4n) is 4.47. The topological polar surface area (TPSA) is 3.24 Å². The van der Waals surface area contributed by atoms with Gasteiger partial charge in [0.05, 0.1) is 0 Å². The molecule has 0 fully saturated rings. The van der Waals surface area contributed by atoms with Gasteiger partial charge in [-0.05, 0) is 77.2 Å². The third-order valence-corrected chi connectivity index (χ3v) is 6.10. The maximum atomic E-state index is 4.38. The van der Waals surface area contributed by atoms with Crippen LogP contribution in [0.15, 0.2) is 54.3 Å². The van der Waals surface area contributed by atoms with E-state index in [1.54, 1.807) is 0 Å². The van der Waals surface area contributed by atoms with Crippen molar-refractivity contribution in [1.82, 2.24) is 4.90 Å². The van der Waals surface area contributed by atoms with E-state index in [9.17, 15) is 0 Å². The van der Waals surface area contributed by atoms with Gasteiger partial charge in [-0.25, -0.2) is 0 Å². The van der Waals surface area contributed by atoms with E-state index in [1.165, 1.54) is 39.1 Å². The van der Waals surface area contributed by atoms with Crippen molar-refractivity contribution in [2.45, 2.75) is 73.3 Å². The van der Waals surface area contributed by atoms with Crippen molar-refractivity contribution in [3.8, 4) is 0 Å². The molecule has 3 rings (SSSR count). The lowest BCUT2D eigenvalue weighted by atomic mass is 9.75. The van der Waals surface area contributed by atoms with Crippen molar-refractivity contribution in [2.24, 2.45) is 5.41 Å². The van der Waals surface area contributed by atoms with Crippen molar-refractivity contribution in [2.75, 3.05) is 0 Å². The van der Waals surface area contributed by atoms with Crippen LogP contribution in [-0.4, -0.2) is 10.9 Å². The number of hydrogen-bond acceptors (Lipinski definition) is 1. The summed E-state index contributed by atoms with van der Waals surface area (Å²) in [6, 6.07) is 5.26. The fourth-order valence-corrected chi connectivity index (χ4v) is 4.47. The molecule has 0 radical (unpaired) electrons. The Morgan fingerprint density at radius 2 is 1.93 bits per heavy atom. The van der Waals surface area contributed by atoms with E-state index in [0.717, 1.165) is 31.3 Å². The molecule has 0 saturated carbocycles. The Balaban J connectivity index is 2.16. The highest BCUT2D eigenvalue weighted by molar-refractivity contribution is 5.77. The third kappa shape index (κ3) is 3.57. The molecule has 0 N–H and O–H groups in total. The Bertz CT molecular complexity index is 842. The first-order valence-corrected chi connectivity index (χ1v) is 10.4. The number of hydrogen-bond donors (Lipinski definition) is 0. The molecule has 2 aliphatic heterocycles. The average Bonchev–Trinajstić information content (AvgIpc) is 2.59. The highest BCUT2D eigenvalue weighted by Crippen LogP contribution is 2.44. The lowest BCUT2D eigenvalue weighted by molar-refractivity contribution is 0.189. The van der Waals surface area contributed by atoms with E-state index < -0.39 is 0 Å². The van der Waals surface area contributed by atoms with Crippen LogP contribution in [0, 0.1) is 12.3 Å². The highest BCUT2D eigenvalue weighted by atomic mass is 15.2. The van der Waals surface area contributed by atoms with Crippen molar-refractivity contribution in [3.05, 3.63) is 76.5 Å². The number of aryl methyl sites for hydroxylation is 2. The molecule has 144 valence electrons. The van der Waals surface area contributed by atoms with Crippen LogP contribution in [0.25, 0.3) is 5.70 Å². The van der Waals surface area contributed by atoms with Gasteiger partial charge in [0.2, 0.25) is 0 Å². The van der Waals surface area contributed by atoms with Crippen molar-refractivity contribution < 1.29 is 0 Å². The first-order chi connectivity index (χ1) is 12.7. The van der Waals surface area contributed by atoms with Gasteiger partial charge in [0, 0.05) is 23.5 Å². The van der Waals surface area contributed by atoms with Crippen molar-refractivity contribution >= 4 is 5.70 Å². The molecule has 0 aliphatic carbocycles. The number of fused-ring (bicyclic) bond motifs is 3. The summed E-state index contributed by atoms with van der Waals surface area (Å²) < 4.78 is 0. The molecule has 1 heteroatoms. The summed E-state index contributed by atoms with van der Waals surface area (Å²) in [4.78, 5) is 2.52. The fraction of sp³-hybridized carbons (Fsp3) is 0.462. The van der Waals surface area contributed by atoms with E-state index in [0.29, 0.717) is 6.04 Å². The second-order valence-electron chi connectivity index (χ2n) is 9.23. The minimum Gasteiger partial charge on any atom is -0.343 e. The van der Waals surface area contributed by atoms with E-state index in [2.05, 4.69) is 84.0 Å². The minimum absolute atomic E-state index is 0.181. The van der Waals surface area contributed by atoms with Gasteiger partial charge < -0.3 is 4.90 Å². The lowest BCUT2D eigenvalue weighted by Gasteiger charge is -2.47. The molecular weight excluding hydrogens is 326 g/mol. The second kappa shape index (κ2) is 7.19. The summed E-state index contributed by atoms with van der Waals surface area (Å²) in [5.41, 5.74) is 10.7. The van der Waals surface area contributed by atoms with Gasteiger partial charge in [-0.2, -0.15) is 0 Å². The van der Waals surface area contributed by atoms with Gasteiger partial charge in [0.25, 0.3) is 0 Å². The molecule has 1 atom stereocenters. The standard InChI is InChI=1S/C26H35N/c1-9-11-17(3)23-16-27-24(13-19(23)5)22-14-20(10-2)18(4)12-21(22)15-25(27)26(6,7)8/h12-14,16,25H,3,5,9-11,15H2,1-2,4,6-8H3. The lowest BCUT2D eigenvalue weighted by Crippen LogP contribution is -2.45. The number of allylic oxidation sites excluding steroid dienone is 4. The van der Waals surface area contributed by atoms with E-state index in [4.69, 9.17) is 0 Å². The number of rotatable bonds is 4. The molecule has 1 nitrogen and oxygen atoms in total. The zero-order valence-electron chi connectivity index (χ0n) is 18.1. The van der Waals surface area contributed by atoms with Crippen LogP contribution in [0.2, 0.25) is 0 Å². The van der Waals surface area contributed by atoms with Gasteiger partial charge in [0.15, 0.2) is 0 Å². The molecule has 2 aliphatic rings. The summed E-state index contributed by atoms with van der Waals surface area (Å²) in [5.74, 6) is 0. The van der Waals surface area contributed by atoms with E-state index in [1.807, 2.05) is 0 Å². The van der Waals surface area contributed by atoms with Crippen LogP contribution in [0.1, 0.15) is 69.7 Å². The molecule has 2 heterocycles. The zero-order valence-corrected chi connectivity index (χ0v) is 18.1. The molecule has 27 heavy (non-hydrogen) atoms. The maximum absolute atomic E-state index is 4.38. The molecule has 1 aromatic rings. The first-order valence-electron chi connectivity index (χ1n) is 10.4. The van der Waals surface area contributed by atoms with Crippen LogP contribution >= 0.6 is 0 Å². The van der Waals surface area contributed by atoms with Gasteiger partial charge >= 0.3 is 0 Å². The van der Waals surface area contributed by atoms with Crippen LogP contribution in [0.5, 0.6) is 0 Å². The molecule has 0 bridgehead atoms. The first kappa shape index (κ1) is 19.7. The summed E-state index contributed by atoms with van der Waals surface area (Å²) >= 11 is 0. The number of benzene rings is 1. The van der Waals surface area contributed by atoms with Crippen molar-refractivity contribution in [3.63, 3.8) is 0 Å². The molecule has 1 aromatic carbocycles. The van der Waals surface area contributed by atoms with Crippen LogP contribution in [0.3, 0.4) is 0 Å². The van der Waals surface area contributed by atoms with Crippen LogP contribution in [-0.2, 0) is 12.8 Å². The molecule has 0 spiro atoms. The van der Waals surface area contributed by atoms with Crippen LogP contribution in [0.4, 0.5) is 0 Å². The molecular formula is C26H35N. The summed E-state index contributed by atoms with van der Waals surface area (Å²) in [6.45, 7) is 22.5. The van der Waals surface area contributed by atoms with Gasteiger partial charge in [-0.15, -0.1) is 0 Å². The second-order valence-corrected chi connectivity index (χ2v) is 9.23. The largest absolute Gasteiger partial charge is 0.343 e. The highest BCUT2D eigenvalue weighted by Gasteiger charge is 2.38. The number of nitrogens with zero attached hydrogens (tertiary/aromatic N) is 1. The zero-order chi connectivity index (χ0) is 19.9. The predicted octanol–water partition coefficient (Wildman–Crippen LogP) is 6.98. The predicted molar refractivity (Wildman–Crippen MR) is 119 cm³/mol. The SMILES string of the molecule is C=C1C=C2c3cc(CC)c(C)cc3CC(C(C)(C)C)N2C=C1C(=C)CCC. The Kier molecular flexibility index (Phi) is 5.25. The van der Waals surface area contributed by atoms with Crippen LogP contribution < -0.4 is 0 Å². The third-order valence-electron chi connectivity index (χ3n) is 6.10. The summed E-state index contributed by atoms with van der Waals surface area (Å²) in [6.07, 6.45) is 8.92. The van der Waals surface area contributed by atoms with Gasteiger partial charge in [0.1, 0.15) is 0 Å². The maximum Gasteiger partial charge on any atom is 0.0491 e. The molecule has 1 unspecified atom stereocenters. The molecule has 0 saturated heterocycles. The Morgan fingerprint density at radius 3 is 2.52 bits per heavy atom. The van der Waals surface area contributed by atoms with Gasteiger partial charge in [-0.1, -0.05) is 60.3 Å².